The molecular formula is C21H27NO3. The maximum Gasteiger partial charge on any atom is 0.124 e. The van der Waals surface area contributed by atoms with E-state index in [-0.39, 0.29) is 0 Å². The Morgan fingerprint density at radius 2 is 1.96 bits per heavy atom. The zero-order valence-corrected chi connectivity index (χ0v) is 14.8. The minimum absolute atomic E-state index is 0.305. The first-order valence-corrected chi connectivity index (χ1v) is 8.97. The van der Waals surface area contributed by atoms with E-state index in [0.29, 0.717) is 25.8 Å². The summed E-state index contributed by atoms with van der Waals surface area (Å²) in [4.78, 5) is 0. The van der Waals surface area contributed by atoms with Crippen molar-refractivity contribution in [2.24, 2.45) is 0 Å². The van der Waals surface area contributed by atoms with E-state index in [1.807, 2.05) is 24.3 Å². The van der Waals surface area contributed by atoms with Gasteiger partial charge < -0.3 is 19.9 Å². The zero-order chi connectivity index (χ0) is 17.5. The van der Waals surface area contributed by atoms with Crippen molar-refractivity contribution in [1.82, 2.24) is 5.32 Å². The number of para-hydroxylation sites is 1. The summed E-state index contributed by atoms with van der Waals surface area (Å²) in [5.74, 6) is 0.814. The van der Waals surface area contributed by atoms with Crippen LogP contribution >= 0.6 is 0 Å². The summed E-state index contributed by atoms with van der Waals surface area (Å²) in [6, 6.07) is 16.7. The second-order valence-corrected chi connectivity index (χ2v) is 6.53. The van der Waals surface area contributed by atoms with E-state index < -0.39 is 6.10 Å². The number of ether oxygens (including phenoxy) is 2. The first-order chi connectivity index (χ1) is 12.3. The van der Waals surface area contributed by atoms with Gasteiger partial charge in [0.1, 0.15) is 5.75 Å². The van der Waals surface area contributed by atoms with Crippen LogP contribution in [0.5, 0.6) is 5.75 Å². The average molecular weight is 341 g/mol. The lowest BCUT2D eigenvalue weighted by molar-refractivity contribution is 0.0267. The molecule has 2 N–H and O–H groups in total. The number of aryl methyl sites for hydroxylation is 1. The third kappa shape index (κ3) is 4.82. The maximum absolute atomic E-state index is 10.2. The molecule has 0 amide bonds. The largest absolute Gasteiger partial charge is 0.496 e. The van der Waals surface area contributed by atoms with Gasteiger partial charge in [0, 0.05) is 18.2 Å². The molecule has 0 aliphatic heterocycles. The summed E-state index contributed by atoms with van der Waals surface area (Å²) >= 11 is 0. The van der Waals surface area contributed by atoms with Gasteiger partial charge in [0.25, 0.3) is 0 Å². The number of aliphatic hydroxyl groups is 1. The van der Waals surface area contributed by atoms with E-state index in [4.69, 9.17) is 9.47 Å². The van der Waals surface area contributed by atoms with Crippen molar-refractivity contribution in [1.29, 1.82) is 0 Å². The van der Waals surface area contributed by atoms with Gasteiger partial charge in [-0.05, 0) is 36.5 Å². The molecule has 0 fully saturated rings. The second-order valence-electron chi connectivity index (χ2n) is 6.53. The van der Waals surface area contributed by atoms with Gasteiger partial charge in [-0.2, -0.15) is 0 Å². The molecule has 4 heteroatoms. The highest BCUT2D eigenvalue weighted by atomic mass is 16.5. The molecular weight excluding hydrogens is 314 g/mol. The summed E-state index contributed by atoms with van der Waals surface area (Å²) in [5.41, 5.74) is 3.79. The molecule has 134 valence electrons. The monoisotopic (exact) mass is 341 g/mol. The Bertz CT molecular complexity index is 674. The van der Waals surface area contributed by atoms with Crippen LogP contribution in [0.15, 0.2) is 48.5 Å². The average Bonchev–Trinajstić information content (AvgIpc) is 2.66. The summed E-state index contributed by atoms with van der Waals surface area (Å²) < 4.78 is 11.0. The Morgan fingerprint density at radius 3 is 2.84 bits per heavy atom. The molecule has 1 aliphatic rings. The van der Waals surface area contributed by atoms with E-state index in [1.54, 1.807) is 7.11 Å². The first kappa shape index (κ1) is 17.9. The van der Waals surface area contributed by atoms with Crippen molar-refractivity contribution in [3.05, 3.63) is 65.2 Å². The van der Waals surface area contributed by atoms with Crippen LogP contribution in [0.2, 0.25) is 0 Å². The van der Waals surface area contributed by atoms with Crippen molar-refractivity contribution in [2.75, 3.05) is 20.3 Å². The lowest BCUT2D eigenvalue weighted by Crippen LogP contribution is -2.34. The van der Waals surface area contributed by atoms with Crippen molar-refractivity contribution in [3.8, 4) is 5.75 Å². The molecule has 1 aliphatic carbocycles. The molecule has 2 aromatic carbocycles. The maximum atomic E-state index is 10.2. The number of aliphatic hydroxyl groups excluding tert-OH is 1. The highest BCUT2D eigenvalue weighted by Crippen LogP contribution is 2.29. The highest BCUT2D eigenvalue weighted by molar-refractivity contribution is 5.33. The third-order valence-electron chi connectivity index (χ3n) is 4.73. The van der Waals surface area contributed by atoms with Gasteiger partial charge in [-0.1, -0.05) is 42.5 Å². The minimum atomic E-state index is -0.524. The van der Waals surface area contributed by atoms with Gasteiger partial charge in [-0.3, -0.25) is 0 Å². The Balaban J connectivity index is 1.44. The van der Waals surface area contributed by atoms with E-state index in [9.17, 15) is 5.11 Å². The summed E-state index contributed by atoms with van der Waals surface area (Å²) in [6.07, 6.45) is 2.93. The molecule has 0 radical (unpaired) electrons. The Kier molecular flexibility index (Phi) is 6.45. The number of rotatable bonds is 8. The fourth-order valence-corrected chi connectivity index (χ4v) is 3.43. The molecule has 0 spiro atoms. The topological polar surface area (TPSA) is 50.7 Å². The van der Waals surface area contributed by atoms with E-state index >= 15 is 0 Å². The smallest absolute Gasteiger partial charge is 0.124 e. The molecule has 2 unspecified atom stereocenters. The molecule has 0 saturated heterocycles. The third-order valence-corrected chi connectivity index (χ3v) is 4.73. The van der Waals surface area contributed by atoms with E-state index in [1.165, 1.54) is 17.5 Å². The number of methoxy groups -OCH3 is 1. The van der Waals surface area contributed by atoms with Crippen LogP contribution < -0.4 is 10.1 Å². The van der Waals surface area contributed by atoms with Crippen molar-refractivity contribution < 1.29 is 14.6 Å². The van der Waals surface area contributed by atoms with Gasteiger partial charge in [0.2, 0.25) is 0 Å². The number of hydrogen-bond donors (Lipinski definition) is 2. The van der Waals surface area contributed by atoms with Crippen LogP contribution in [-0.2, 0) is 17.8 Å². The van der Waals surface area contributed by atoms with Crippen molar-refractivity contribution in [2.45, 2.75) is 38.0 Å². The molecule has 0 bridgehead atoms. The lowest BCUT2D eigenvalue weighted by atomic mass is 9.88. The molecule has 2 aromatic rings. The normalized spacial score (nSPS) is 17.8. The van der Waals surface area contributed by atoms with Gasteiger partial charge in [-0.25, -0.2) is 0 Å². The fraction of sp³-hybridized carbons (Fsp3) is 0.429. The van der Waals surface area contributed by atoms with E-state index in [2.05, 4.69) is 29.6 Å². The van der Waals surface area contributed by atoms with Crippen molar-refractivity contribution >= 4 is 0 Å². The Hall–Kier alpha value is -1.88. The van der Waals surface area contributed by atoms with Crippen LogP contribution in [0.1, 0.15) is 35.6 Å². The van der Waals surface area contributed by atoms with Gasteiger partial charge in [-0.15, -0.1) is 0 Å². The summed E-state index contributed by atoms with van der Waals surface area (Å²) in [6.45, 7) is 1.28. The summed E-state index contributed by atoms with van der Waals surface area (Å²) in [7, 11) is 1.65. The van der Waals surface area contributed by atoms with Gasteiger partial charge in [0.05, 0.1) is 26.4 Å². The first-order valence-electron chi connectivity index (χ1n) is 8.97. The van der Waals surface area contributed by atoms with Crippen LogP contribution in [-0.4, -0.2) is 31.5 Å². The van der Waals surface area contributed by atoms with Crippen LogP contribution in [0, 0.1) is 0 Å². The van der Waals surface area contributed by atoms with Crippen LogP contribution in [0.4, 0.5) is 0 Å². The van der Waals surface area contributed by atoms with Gasteiger partial charge in [0.15, 0.2) is 0 Å². The highest BCUT2D eigenvalue weighted by Gasteiger charge is 2.20. The molecule has 25 heavy (non-hydrogen) atoms. The molecule has 0 heterocycles. The van der Waals surface area contributed by atoms with Crippen LogP contribution in [0.3, 0.4) is 0 Å². The molecule has 2 atom stereocenters. The molecule has 3 rings (SSSR count). The second kappa shape index (κ2) is 8.99. The number of hydrogen-bond acceptors (Lipinski definition) is 4. The number of fused-ring (bicyclic) bond motifs is 1. The quantitative estimate of drug-likeness (QED) is 0.774. The zero-order valence-electron chi connectivity index (χ0n) is 14.8. The SMILES string of the molecule is COc1ccccc1COCC(O)CNC1CCCc2ccccc21. The Morgan fingerprint density at radius 1 is 1.16 bits per heavy atom. The molecule has 0 saturated carbocycles. The standard InChI is InChI=1S/C21H27NO3/c1-24-21-12-5-3-8-17(21)14-25-15-18(23)13-22-20-11-6-9-16-7-2-4-10-19(16)20/h2-5,7-8,10,12,18,20,22-23H,6,9,11,13-15H2,1H3. The van der Waals surface area contributed by atoms with Gasteiger partial charge >= 0.3 is 0 Å². The predicted octanol–water partition coefficient (Wildman–Crippen LogP) is 3.24. The van der Waals surface area contributed by atoms with Crippen molar-refractivity contribution in [3.63, 3.8) is 0 Å². The lowest BCUT2D eigenvalue weighted by Gasteiger charge is -2.27. The fourth-order valence-electron chi connectivity index (χ4n) is 3.43. The number of nitrogens with one attached hydrogen (secondary N) is 1. The van der Waals surface area contributed by atoms with E-state index in [0.717, 1.165) is 24.2 Å². The minimum Gasteiger partial charge on any atom is -0.496 e. The molecule has 0 aromatic heterocycles. The van der Waals surface area contributed by atoms with Crippen LogP contribution in [0.25, 0.3) is 0 Å². The predicted molar refractivity (Wildman–Crippen MR) is 98.8 cm³/mol. The summed E-state index contributed by atoms with van der Waals surface area (Å²) in [5, 5.41) is 13.7. The Labute approximate surface area is 149 Å². The number of benzene rings is 2. The molecule has 4 nitrogen and oxygen atoms in total.